The second-order valence-electron chi connectivity index (χ2n) is 5.74. The van der Waals surface area contributed by atoms with Gasteiger partial charge in [0.2, 0.25) is 0 Å². The minimum atomic E-state index is -0.00513. The van der Waals surface area contributed by atoms with Gasteiger partial charge in [0, 0.05) is 23.8 Å². The van der Waals surface area contributed by atoms with Crippen LogP contribution in [0.5, 0.6) is 0 Å². The molecule has 0 bridgehead atoms. The number of rotatable bonds is 8. The zero-order chi connectivity index (χ0) is 15.8. The van der Waals surface area contributed by atoms with Crippen molar-refractivity contribution in [2.24, 2.45) is 5.92 Å². The van der Waals surface area contributed by atoms with Crippen molar-refractivity contribution < 1.29 is 4.79 Å². The first-order valence-corrected chi connectivity index (χ1v) is 8.07. The molecule has 1 aromatic rings. The van der Waals surface area contributed by atoms with E-state index in [1.54, 1.807) is 0 Å². The third-order valence-corrected chi connectivity index (χ3v) is 3.57. The second kappa shape index (κ2) is 8.65. The van der Waals surface area contributed by atoms with E-state index in [2.05, 4.69) is 43.3 Å². The third kappa shape index (κ3) is 5.37. The quantitative estimate of drug-likeness (QED) is 0.769. The Bertz CT molecular complexity index is 433. The van der Waals surface area contributed by atoms with Crippen molar-refractivity contribution in [3.63, 3.8) is 0 Å². The number of amides is 1. The van der Waals surface area contributed by atoms with Crippen LogP contribution in [0.15, 0.2) is 12.1 Å². The van der Waals surface area contributed by atoms with Crippen LogP contribution in [0.4, 0.5) is 5.82 Å². The molecular formula is C17H29N3O. The normalized spacial score (nSPS) is 12.3. The average Bonchev–Trinajstić information content (AvgIpc) is 2.44. The van der Waals surface area contributed by atoms with Crippen LogP contribution in [-0.2, 0) is 6.42 Å². The summed E-state index contributed by atoms with van der Waals surface area (Å²) in [5.41, 5.74) is 1.67. The first kappa shape index (κ1) is 17.5. The molecule has 0 saturated heterocycles. The molecule has 1 aromatic heterocycles. The van der Waals surface area contributed by atoms with Gasteiger partial charge in [-0.25, -0.2) is 4.98 Å². The van der Waals surface area contributed by atoms with Crippen molar-refractivity contribution >= 4 is 11.7 Å². The SMILES string of the molecule is CCCc1cc(C(=O)NC(CC)C(C)C)cc(NCC)n1. The van der Waals surface area contributed by atoms with E-state index in [1.807, 2.05) is 19.1 Å². The molecule has 0 radical (unpaired) electrons. The zero-order valence-electron chi connectivity index (χ0n) is 14.0. The van der Waals surface area contributed by atoms with E-state index in [1.165, 1.54) is 0 Å². The number of hydrogen-bond donors (Lipinski definition) is 2. The molecule has 4 heteroatoms. The summed E-state index contributed by atoms with van der Waals surface area (Å²) < 4.78 is 0. The van der Waals surface area contributed by atoms with Gasteiger partial charge in [0.1, 0.15) is 5.82 Å². The number of carbonyl (C=O) groups excluding carboxylic acids is 1. The minimum absolute atomic E-state index is 0.00513. The first-order chi connectivity index (χ1) is 10.0. The van der Waals surface area contributed by atoms with Gasteiger partial charge in [0.15, 0.2) is 0 Å². The topological polar surface area (TPSA) is 54.0 Å². The molecule has 0 aliphatic heterocycles. The highest BCUT2D eigenvalue weighted by atomic mass is 16.1. The molecule has 1 amide bonds. The Hall–Kier alpha value is -1.58. The number of nitrogens with zero attached hydrogens (tertiary/aromatic N) is 1. The predicted molar refractivity (Wildman–Crippen MR) is 88.8 cm³/mol. The van der Waals surface area contributed by atoms with Crippen molar-refractivity contribution in [1.82, 2.24) is 10.3 Å². The van der Waals surface area contributed by atoms with Crippen LogP contribution >= 0.6 is 0 Å². The summed E-state index contributed by atoms with van der Waals surface area (Å²) in [4.78, 5) is 17.0. The number of hydrogen-bond acceptors (Lipinski definition) is 3. The van der Waals surface area contributed by atoms with Crippen molar-refractivity contribution in [3.05, 3.63) is 23.4 Å². The van der Waals surface area contributed by atoms with E-state index in [-0.39, 0.29) is 11.9 Å². The maximum Gasteiger partial charge on any atom is 0.251 e. The van der Waals surface area contributed by atoms with Gasteiger partial charge in [0.25, 0.3) is 5.91 Å². The summed E-state index contributed by atoms with van der Waals surface area (Å²) in [6.45, 7) is 11.3. The van der Waals surface area contributed by atoms with Crippen LogP contribution < -0.4 is 10.6 Å². The molecule has 1 heterocycles. The van der Waals surface area contributed by atoms with E-state index in [0.29, 0.717) is 11.5 Å². The number of aromatic nitrogens is 1. The van der Waals surface area contributed by atoms with Gasteiger partial charge in [-0.15, -0.1) is 0 Å². The number of aryl methyl sites for hydroxylation is 1. The molecule has 21 heavy (non-hydrogen) atoms. The Morgan fingerprint density at radius 3 is 2.48 bits per heavy atom. The molecule has 4 nitrogen and oxygen atoms in total. The monoisotopic (exact) mass is 291 g/mol. The molecule has 0 aliphatic carbocycles. The van der Waals surface area contributed by atoms with Crippen LogP contribution in [0.25, 0.3) is 0 Å². The van der Waals surface area contributed by atoms with Crippen LogP contribution in [0.2, 0.25) is 0 Å². The molecule has 0 saturated carbocycles. The predicted octanol–water partition coefficient (Wildman–Crippen LogP) is 3.63. The van der Waals surface area contributed by atoms with E-state index in [0.717, 1.165) is 37.3 Å². The average molecular weight is 291 g/mol. The largest absolute Gasteiger partial charge is 0.370 e. The van der Waals surface area contributed by atoms with Gasteiger partial charge in [-0.3, -0.25) is 4.79 Å². The first-order valence-electron chi connectivity index (χ1n) is 8.07. The minimum Gasteiger partial charge on any atom is -0.370 e. The van der Waals surface area contributed by atoms with Gasteiger partial charge in [0.05, 0.1) is 0 Å². The molecule has 1 atom stereocenters. The highest BCUT2D eigenvalue weighted by Crippen LogP contribution is 2.14. The lowest BCUT2D eigenvalue weighted by molar-refractivity contribution is 0.0924. The Morgan fingerprint density at radius 2 is 1.95 bits per heavy atom. The lowest BCUT2D eigenvalue weighted by Gasteiger charge is -2.21. The number of nitrogens with one attached hydrogen (secondary N) is 2. The van der Waals surface area contributed by atoms with Crippen molar-refractivity contribution in [3.8, 4) is 0 Å². The Labute approximate surface area is 128 Å². The van der Waals surface area contributed by atoms with E-state index < -0.39 is 0 Å². The molecular weight excluding hydrogens is 262 g/mol. The van der Waals surface area contributed by atoms with E-state index >= 15 is 0 Å². The Kier molecular flexibility index (Phi) is 7.20. The van der Waals surface area contributed by atoms with E-state index in [9.17, 15) is 4.79 Å². The van der Waals surface area contributed by atoms with Crippen LogP contribution in [-0.4, -0.2) is 23.5 Å². The van der Waals surface area contributed by atoms with Gasteiger partial charge >= 0.3 is 0 Å². The van der Waals surface area contributed by atoms with E-state index in [4.69, 9.17) is 0 Å². The summed E-state index contributed by atoms with van der Waals surface area (Å²) in [6, 6.07) is 3.96. The smallest absolute Gasteiger partial charge is 0.251 e. The maximum atomic E-state index is 12.5. The molecule has 0 aliphatic rings. The van der Waals surface area contributed by atoms with Crippen LogP contribution in [0.3, 0.4) is 0 Å². The second-order valence-corrected chi connectivity index (χ2v) is 5.74. The highest BCUT2D eigenvalue weighted by Gasteiger charge is 2.16. The lowest BCUT2D eigenvalue weighted by Crippen LogP contribution is -2.38. The van der Waals surface area contributed by atoms with Crippen molar-refractivity contribution in [1.29, 1.82) is 0 Å². The highest BCUT2D eigenvalue weighted by molar-refractivity contribution is 5.95. The molecule has 118 valence electrons. The third-order valence-electron chi connectivity index (χ3n) is 3.57. The molecule has 1 rings (SSSR count). The number of carbonyl (C=O) groups is 1. The summed E-state index contributed by atoms with van der Waals surface area (Å²) in [7, 11) is 0. The van der Waals surface area contributed by atoms with Gasteiger partial charge in [-0.05, 0) is 37.8 Å². The summed E-state index contributed by atoms with van der Waals surface area (Å²) in [5, 5.41) is 6.33. The molecule has 0 spiro atoms. The summed E-state index contributed by atoms with van der Waals surface area (Å²) in [5.74, 6) is 1.21. The molecule has 1 unspecified atom stereocenters. The number of anilines is 1. The van der Waals surface area contributed by atoms with Gasteiger partial charge < -0.3 is 10.6 Å². The zero-order valence-corrected chi connectivity index (χ0v) is 14.0. The van der Waals surface area contributed by atoms with Gasteiger partial charge in [-0.2, -0.15) is 0 Å². The summed E-state index contributed by atoms with van der Waals surface area (Å²) >= 11 is 0. The van der Waals surface area contributed by atoms with Crippen molar-refractivity contribution in [2.75, 3.05) is 11.9 Å². The Morgan fingerprint density at radius 1 is 1.24 bits per heavy atom. The standard InChI is InChI=1S/C17H29N3O/c1-6-9-14-10-13(11-16(19-14)18-8-3)17(21)20-15(7-2)12(4)5/h10-12,15H,6-9H2,1-5H3,(H,18,19)(H,20,21). The van der Waals surface area contributed by atoms with Gasteiger partial charge in [-0.1, -0.05) is 34.1 Å². The van der Waals surface area contributed by atoms with Crippen LogP contribution in [0.1, 0.15) is 63.5 Å². The molecule has 0 fully saturated rings. The molecule has 2 N–H and O–H groups in total. The van der Waals surface area contributed by atoms with Crippen molar-refractivity contribution in [2.45, 2.75) is 59.9 Å². The fraction of sp³-hybridized carbons (Fsp3) is 0.647. The number of pyridine rings is 1. The fourth-order valence-electron chi connectivity index (χ4n) is 2.37. The fourth-order valence-corrected chi connectivity index (χ4v) is 2.37. The summed E-state index contributed by atoms with van der Waals surface area (Å²) in [6.07, 6.45) is 2.85. The maximum absolute atomic E-state index is 12.5. The Balaban J connectivity index is 2.95. The lowest BCUT2D eigenvalue weighted by atomic mass is 10.0. The van der Waals surface area contributed by atoms with Crippen LogP contribution in [0, 0.1) is 5.92 Å². The molecule has 0 aromatic carbocycles.